The molecule has 0 N–H and O–H groups in total. The van der Waals surface area contributed by atoms with Crippen LogP contribution in [0.2, 0.25) is 0 Å². The Bertz CT molecular complexity index is 1350. The number of hydrogen-bond donors (Lipinski definition) is 0. The smallest absolute Gasteiger partial charge is 0.259 e. The Morgan fingerprint density at radius 3 is 2.65 bits per heavy atom. The molecule has 34 heavy (non-hydrogen) atoms. The van der Waals surface area contributed by atoms with E-state index in [1.54, 1.807) is 27.9 Å². The Kier molecular flexibility index (Phi) is 5.82. The maximum atomic E-state index is 14.0. The summed E-state index contributed by atoms with van der Waals surface area (Å²) in [4.78, 5) is 21.5. The minimum atomic E-state index is -0.844. The lowest BCUT2D eigenvalue weighted by atomic mass is 10.1. The molecule has 0 unspecified atom stereocenters. The third-order valence-corrected chi connectivity index (χ3v) is 6.26. The van der Waals surface area contributed by atoms with Crippen LogP contribution in [0.5, 0.6) is 0 Å². The predicted molar refractivity (Wildman–Crippen MR) is 122 cm³/mol. The maximum Gasteiger partial charge on any atom is 0.259 e. The number of nitrogens with zero attached hydrogens (tertiary/aromatic N) is 7. The zero-order valence-electron chi connectivity index (χ0n) is 19.1. The number of aryl methyl sites for hydroxylation is 2. The van der Waals surface area contributed by atoms with E-state index in [0.29, 0.717) is 49.5 Å². The van der Waals surface area contributed by atoms with Gasteiger partial charge in [-0.15, -0.1) is 0 Å². The molecule has 0 bridgehead atoms. The summed E-state index contributed by atoms with van der Waals surface area (Å²) in [5.74, 6) is -1.80. The highest BCUT2D eigenvalue weighted by Crippen LogP contribution is 2.24. The summed E-state index contributed by atoms with van der Waals surface area (Å²) in [5.41, 5.74) is 3.89. The van der Waals surface area contributed by atoms with Crippen molar-refractivity contribution in [2.75, 3.05) is 26.2 Å². The first-order chi connectivity index (χ1) is 16.5. The summed E-state index contributed by atoms with van der Waals surface area (Å²) in [7, 11) is 0. The normalized spacial score (nSPS) is 14.8. The molecule has 0 spiro atoms. The van der Waals surface area contributed by atoms with Crippen molar-refractivity contribution in [3.05, 3.63) is 71.3 Å². The molecule has 1 amide bonds. The van der Waals surface area contributed by atoms with Gasteiger partial charge in [0.1, 0.15) is 5.56 Å². The van der Waals surface area contributed by atoms with Crippen LogP contribution >= 0.6 is 0 Å². The number of benzene rings is 1. The zero-order chi connectivity index (χ0) is 23.8. The van der Waals surface area contributed by atoms with Crippen LogP contribution in [-0.2, 0) is 13.1 Å². The van der Waals surface area contributed by atoms with Crippen molar-refractivity contribution in [2.24, 2.45) is 0 Å². The summed E-state index contributed by atoms with van der Waals surface area (Å²) in [6, 6.07) is 6.07. The molecule has 1 saturated heterocycles. The molecule has 1 aliphatic heterocycles. The van der Waals surface area contributed by atoms with Gasteiger partial charge in [-0.2, -0.15) is 10.2 Å². The summed E-state index contributed by atoms with van der Waals surface area (Å²) in [5, 5.41) is 8.96. The molecule has 1 fully saturated rings. The average Bonchev–Trinajstić information content (AvgIpc) is 3.45. The second-order valence-electron chi connectivity index (χ2n) is 8.39. The van der Waals surface area contributed by atoms with Crippen LogP contribution in [0, 0.1) is 18.6 Å². The van der Waals surface area contributed by atoms with E-state index in [-0.39, 0.29) is 5.91 Å². The molecule has 0 radical (unpaired) electrons. The van der Waals surface area contributed by atoms with Crippen LogP contribution in [0.15, 0.2) is 42.9 Å². The van der Waals surface area contributed by atoms with E-state index in [9.17, 15) is 13.6 Å². The van der Waals surface area contributed by atoms with Crippen molar-refractivity contribution in [2.45, 2.75) is 26.9 Å². The minimum Gasteiger partial charge on any atom is -0.336 e. The van der Waals surface area contributed by atoms with Crippen molar-refractivity contribution in [1.82, 2.24) is 34.2 Å². The van der Waals surface area contributed by atoms with Crippen LogP contribution in [0.1, 0.15) is 28.5 Å². The fourth-order valence-corrected chi connectivity index (χ4v) is 4.37. The molecular weight excluding hydrogens is 440 g/mol. The SMILES string of the molecule is CCn1cc(-c2ccnc3c(C(=O)N4CCN(Cc5cccc(F)c5F)CC4)cnn23)c(C)n1. The molecule has 1 aliphatic rings. The largest absolute Gasteiger partial charge is 0.336 e. The van der Waals surface area contributed by atoms with Crippen LogP contribution in [0.4, 0.5) is 8.78 Å². The third kappa shape index (κ3) is 3.94. The van der Waals surface area contributed by atoms with Gasteiger partial charge in [-0.25, -0.2) is 18.3 Å². The van der Waals surface area contributed by atoms with E-state index < -0.39 is 11.6 Å². The number of hydrogen-bond acceptors (Lipinski definition) is 5. The Balaban J connectivity index is 1.33. The van der Waals surface area contributed by atoms with Gasteiger partial charge in [0.2, 0.25) is 0 Å². The fourth-order valence-electron chi connectivity index (χ4n) is 4.37. The second-order valence-corrected chi connectivity index (χ2v) is 8.39. The Morgan fingerprint density at radius 1 is 1.12 bits per heavy atom. The number of aromatic nitrogens is 5. The molecular formula is C24H25F2N7O. The monoisotopic (exact) mass is 465 g/mol. The van der Waals surface area contributed by atoms with E-state index >= 15 is 0 Å². The Labute approximate surface area is 195 Å². The lowest BCUT2D eigenvalue weighted by Gasteiger charge is -2.34. The molecule has 4 aromatic rings. The highest BCUT2D eigenvalue weighted by atomic mass is 19.2. The van der Waals surface area contributed by atoms with Gasteiger partial charge in [-0.3, -0.25) is 14.4 Å². The number of fused-ring (bicyclic) bond motifs is 1. The van der Waals surface area contributed by atoms with Crippen molar-refractivity contribution in [1.29, 1.82) is 0 Å². The maximum absolute atomic E-state index is 14.0. The molecule has 3 aromatic heterocycles. The van der Waals surface area contributed by atoms with Crippen molar-refractivity contribution in [3.63, 3.8) is 0 Å². The average molecular weight is 466 g/mol. The highest BCUT2D eigenvalue weighted by molar-refractivity contribution is 6.00. The molecule has 10 heteroatoms. The predicted octanol–water partition coefficient (Wildman–Crippen LogP) is 3.16. The summed E-state index contributed by atoms with van der Waals surface area (Å²) >= 11 is 0. The molecule has 1 aromatic carbocycles. The van der Waals surface area contributed by atoms with Crippen LogP contribution in [-0.4, -0.2) is 66.3 Å². The van der Waals surface area contributed by atoms with E-state index in [2.05, 4.69) is 15.2 Å². The summed E-state index contributed by atoms with van der Waals surface area (Å²) in [6.45, 7) is 7.12. The van der Waals surface area contributed by atoms with Crippen LogP contribution < -0.4 is 0 Å². The number of piperazine rings is 1. The Hall–Kier alpha value is -3.66. The van der Waals surface area contributed by atoms with Crippen LogP contribution in [0.25, 0.3) is 16.9 Å². The molecule has 0 saturated carbocycles. The molecule has 0 aliphatic carbocycles. The van der Waals surface area contributed by atoms with Crippen molar-refractivity contribution >= 4 is 11.6 Å². The lowest BCUT2D eigenvalue weighted by molar-refractivity contribution is 0.0628. The second kappa shape index (κ2) is 8.94. The van der Waals surface area contributed by atoms with Crippen molar-refractivity contribution < 1.29 is 13.6 Å². The first-order valence-corrected chi connectivity index (χ1v) is 11.3. The standard InChI is InChI=1S/C24H25F2N7O/c1-3-32-15-19(16(2)29-32)21-7-8-27-23-18(13-28-33(21)23)24(34)31-11-9-30(10-12-31)14-17-5-4-6-20(25)22(17)26/h4-8,13,15H,3,9-12,14H2,1-2H3. The van der Waals surface area contributed by atoms with Gasteiger partial charge in [0.15, 0.2) is 17.3 Å². The summed E-state index contributed by atoms with van der Waals surface area (Å²) < 4.78 is 31.1. The van der Waals surface area contributed by atoms with E-state index in [4.69, 9.17) is 0 Å². The van der Waals surface area contributed by atoms with Gasteiger partial charge >= 0.3 is 0 Å². The number of carbonyl (C=O) groups is 1. The molecule has 0 atom stereocenters. The first kappa shape index (κ1) is 22.1. The van der Waals surface area contributed by atoms with Gasteiger partial charge in [-0.05, 0) is 26.0 Å². The van der Waals surface area contributed by atoms with Gasteiger partial charge in [0, 0.05) is 62.8 Å². The number of halogens is 2. The lowest BCUT2D eigenvalue weighted by Crippen LogP contribution is -2.48. The summed E-state index contributed by atoms with van der Waals surface area (Å²) in [6.07, 6.45) is 5.20. The quantitative estimate of drug-likeness (QED) is 0.453. The zero-order valence-corrected chi connectivity index (χ0v) is 19.1. The number of rotatable bonds is 5. The highest BCUT2D eigenvalue weighted by Gasteiger charge is 2.26. The van der Waals surface area contributed by atoms with Gasteiger partial charge < -0.3 is 4.90 Å². The fraction of sp³-hybridized carbons (Fsp3) is 0.333. The molecule has 8 nitrogen and oxygen atoms in total. The van der Waals surface area contributed by atoms with E-state index in [1.807, 2.05) is 35.7 Å². The molecule has 176 valence electrons. The number of carbonyl (C=O) groups excluding carboxylic acids is 1. The van der Waals surface area contributed by atoms with Gasteiger partial charge in [0.05, 0.1) is 17.6 Å². The van der Waals surface area contributed by atoms with E-state index in [0.717, 1.165) is 29.6 Å². The molecule has 5 rings (SSSR count). The third-order valence-electron chi connectivity index (χ3n) is 6.26. The Morgan fingerprint density at radius 2 is 1.91 bits per heavy atom. The van der Waals surface area contributed by atoms with Gasteiger partial charge in [-0.1, -0.05) is 12.1 Å². The van der Waals surface area contributed by atoms with E-state index in [1.165, 1.54) is 6.07 Å². The topological polar surface area (TPSA) is 71.6 Å². The van der Waals surface area contributed by atoms with Crippen molar-refractivity contribution in [3.8, 4) is 11.3 Å². The number of amides is 1. The first-order valence-electron chi connectivity index (χ1n) is 11.3. The van der Waals surface area contributed by atoms with Crippen LogP contribution in [0.3, 0.4) is 0 Å². The minimum absolute atomic E-state index is 0.141. The van der Waals surface area contributed by atoms with Gasteiger partial charge in [0.25, 0.3) is 5.91 Å². The molecule has 4 heterocycles.